The molecule has 22 heavy (non-hydrogen) atoms. The number of benzene rings is 2. The van der Waals surface area contributed by atoms with Gasteiger partial charge in [0, 0.05) is 0 Å². The summed E-state index contributed by atoms with van der Waals surface area (Å²) in [6, 6.07) is 15.1. The van der Waals surface area contributed by atoms with Crippen LogP contribution in [0.1, 0.15) is 26.3 Å². The third kappa shape index (κ3) is 2.72. The van der Waals surface area contributed by atoms with Crippen LogP contribution in [-0.2, 0) is 15.1 Å². The first-order valence-corrected chi connectivity index (χ1v) is 9.52. The molecule has 0 amide bonds. The van der Waals surface area contributed by atoms with Gasteiger partial charge in [-0.1, -0.05) is 0 Å². The van der Waals surface area contributed by atoms with Crippen molar-refractivity contribution in [3.63, 3.8) is 0 Å². The molecule has 0 spiro atoms. The van der Waals surface area contributed by atoms with Crippen LogP contribution in [0.15, 0.2) is 54.6 Å². The van der Waals surface area contributed by atoms with E-state index in [0.717, 1.165) is 5.56 Å². The van der Waals surface area contributed by atoms with Crippen molar-refractivity contribution >= 4 is 44.0 Å². The number of rotatable bonds is 3. The van der Waals surface area contributed by atoms with E-state index in [1.54, 1.807) is 6.92 Å². The number of fused-ring (bicyclic) bond motifs is 3. The van der Waals surface area contributed by atoms with Gasteiger partial charge in [0.2, 0.25) is 0 Å². The summed E-state index contributed by atoms with van der Waals surface area (Å²) < 4.78 is 8.50. The SMILES string of the molecule is C=C(C)C(=O)OC(C)(C)c1ccc2c(c1)[te]c1ccccc12. The molecule has 0 saturated heterocycles. The van der Waals surface area contributed by atoms with Gasteiger partial charge in [0.1, 0.15) is 0 Å². The summed E-state index contributed by atoms with van der Waals surface area (Å²) in [5.41, 5.74) is 0.821. The van der Waals surface area contributed by atoms with Gasteiger partial charge in [-0.15, -0.1) is 0 Å². The summed E-state index contributed by atoms with van der Waals surface area (Å²) in [4.78, 5) is 11.8. The Morgan fingerprint density at radius 3 is 2.50 bits per heavy atom. The van der Waals surface area contributed by atoms with Gasteiger partial charge in [-0.05, 0) is 0 Å². The molecule has 0 radical (unpaired) electrons. The van der Waals surface area contributed by atoms with Gasteiger partial charge < -0.3 is 0 Å². The summed E-state index contributed by atoms with van der Waals surface area (Å²) in [6.45, 7) is 9.18. The topological polar surface area (TPSA) is 26.3 Å². The Labute approximate surface area is 140 Å². The van der Waals surface area contributed by atoms with Crippen LogP contribution < -0.4 is 0 Å². The average molecular weight is 406 g/mol. The Kier molecular flexibility index (Phi) is 3.89. The predicted octanol–water partition coefficient (Wildman–Crippen LogP) is 4.40. The molecule has 0 aliphatic heterocycles. The minimum atomic E-state index is -0.646. The van der Waals surface area contributed by atoms with Gasteiger partial charge in [-0.2, -0.15) is 0 Å². The van der Waals surface area contributed by atoms with Gasteiger partial charge in [0.15, 0.2) is 0 Å². The van der Waals surface area contributed by atoms with Gasteiger partial charge in [-0.25, -0.2) is 0 Å². The van der Waals surface area contributed by atoms with Crippen molar-refractivity contribution in [1.82, 2.24) is 0 Å². The standard InChI is InChI=1S/C19H18O2Te/c1-12(2)18(20)21-19(3,4)13-9-10-15-14-7-5-6-8-16(14)22-17(15)11-13/h5-11H,1H2,2-4H3. The van der Waals surface area contributed by atoms with E-state index in [2.05, 4.69) is 49.0 Å². The number of carbonyl (C=O) groups excluding carboxylic acids is 1. The fourth-order valence-electron chi connectivity index (χ4n) is 2.48. The Morgan fingerprint density at radius 2 is 1.77 bits per heavy atom. The molecule has 0 aliphatic carbocycles. The Bertz CT molecular complexity index is 887. The number of carbonyl (C=O) groups is 1. The number of hydrogen-bond acceptors (Lipinski definition) is 2. The van der Waals surface area contributed by atoms with Crippen molar-refractivity contribution in [2.45, 2.75) is 26.4 Å². The molecule has 0 saturated carbocycles. The molecule has 0 bridgehead atoms. The van der Waals surface area contributed by atoms with E-state index in [9.17, 15) is 4.79 Å². The van der Waals surface area contributed by atoms with Gasteiger partial charge in [0.25, 0.3) is 0 Å². The molecular formula is C19H18O2Te. The van der Waals surface area contributed by atoms with Crippen LogP contribution in [0.25, 0.3) is 17.6 Å². The molecule has 0 fully saturated rings. The van der Waals surface area contributed by atoms with Crippen molar-refractivity contribution in [1.29, 1.82) is 0 Å². The molecular weight excluding hydrogens is 388 g/mol. The van der Waals surface area contributed by atoms with Crippen LogP contribution in [-0.4, -0.2) is 26.4 Å². The van der Waals surface area contributed by atoms with E-state index in [4.69, 9.17) is 4.74 Å². The van der Waals surface area contributed by atoms with Crippen molar-refractivity contribution in [2.24, 2.45) is 0 Å². The molecule has 1 heterocycles. The zero-order valence-electron chi connectivity index (χ0n) is 13.0. The summed E-state index contributed by atoms with van der Waals surface area (Å²) in [5.74, 6) is -0.342. The van der Waals surface area contributed by atoms with Crippen molar-refractivity contribution in [3.05, 3.63) is 60.2 Å². The molecule has 0 aliphatic rings. The number of hydrogen-bond donors (Lipinski definition) is 0. The first kappa shape index (κ1) is 15.3. The molecule has 0 unspecified atom stereocenters. The maximum absolute atomic E-state index is 11.8. The second-order valence-corrected chi connectivity index (χ2v) is 9.08. The Balaban J connectivity index is 2.06. The number of ether oxygens (including phenoxy) is 1. The second kappa shape index (κ2) is 5.57. The van der Waals surface area contributed by atoms with Crippen molar-refractivity contribution in [2.75, 3.05) is 0 Å². The first-order valence-electron chi connectivity index (χ1n) is 7.19. The van der Waals surface area contributed by atoms with Crippen molar-refractivity contribution < 1.29 is 9.53 Å². The minimum absolute atomic E-state index is 0.342. The van der Waals surface area contributed by atoms with Crippen LogP contribution in [0, 0.1) is 0 Å². The average Bonchev–Trinajstić information content (AvgIpc) is 2.84. The molecule has 112 valence electrons. The maximum atomic E-state index is 11.8. The van der Waals surface area contributed by atoms with Gasteiger partial charge >= 0.3 is 140 Å². The molecule has 2 nitrogen and oxygen atoms in total. The monoisotopic (exact) mass is 408 g/mol. The van der Waals surface area contributed by atoms with Crippen LogP contribution in [0.5, 0.6) is 0 Å². The van der Waals surface area contributed by atoms with E-state index in [1.165, 1.54) is 17.6 Å². The third-order valence-electron chi connectivity index (χ3n) is 3.77. The van der Waals surface area contributed by atoms with Gasteiger partial charge in [0.05, 0.1) is 0 Å². The van der Waals surface area contributed by atoms with Crippen LogP contribution in [0.3, 0.4) is 0 Å². The fraction of sp³-hybridized carbons (Fsp3) is 0.211. The Morgan fingerprint density at radius 1 is 1.09 bits per heavy atom. The fourth-order valence-corrected chi connectivity index (χ4v) is 5.75. The summed E-state index contributed by atoms with van der Waals surface area (Å²) in [7, 11) is 0. The molecule has 1 aromatic heterocycles. The van der Waals surface area contributed by atoms with E-state index in [0.29, 0.717) is 5.57 Å². The van der Waals surface area contributed by atoms with E-state index >= 15 is 0 Å². The van der Waals surface area contributed by atoms with Gasteiger partial charge in [-0.3, -0.25) is 0 Å². The molecule has 0 atom stereocenters. The molecule has 3 rings (SSSR count). The zero-order valence-corrected chi connectivity index (χ0v) is 15.3. The summed E-state index contributed by atoms with van der Waals surface area (Å²) >= 11 is -0.352. The summed E-state index contributed by atoms with van der Waals surface area (Å²) in [6.07, 6.45) is 0. The molecule has 3 aromatic rings. The third-order valence-corrected chi connectivity index (χ3v) is 7.01. The van der Waals surface area contributed by atoms with E-state index in [-0.39, 0.29) is 26.4 Å². The van der Waals surface area contributed by atoms with Crippen LogP contribution in [0.4, 0.5) is 0 Å². The van der Waals surface area contributed by atoms with Crippen molar-refractivity contribution in [3.8, 4) is 0 Å². The van der Waals surface area contributed by atoms with E-state index < -0.39 is 5.60 Å². The van der Waals surface area contributed by atoms with Crippen LogP contribution >= 0.6 is 0 Å². The number of esters is 1. The molecule has 0 N–H and O–H groups in total. The Hall–Kier alpha value is -1.56. The molecule has 3 heteroatoms. The molecule has 2 aromatic carbocycles. The summed E-state index contributed by atoms with van der Waals surface area (Å²) in [5, 5.41) is 2.70. The normalized spacial score (nSPS) is 11.8. The van der Waals surface area contributed by atoms with Crippen LogP contribution in [0.2, 0.25) is 0 Å². The predicted molar refractivity (Wildman–Crippen MR) is 92.3 cm³/mol. The first-order chi connectivity index (χ1) is 10.4. The second-order valence-electron chi connectivity index (χ2n) is 5.99. The zero-order chi connectivity index (χ0) is 15.9. The van der Waals surface area contributed by atoms with E-state index in [1.807, 2.05) is 13.8 Å². The quantitative estimate of drug-likeness (QED) is 0.366.